The van der Waals surface area contributed by atoms with Crippen LogP contribution < -0.4 is 15.5 Å². The molecular formula is C16H23N7O2. The lowest BCUT2D eigenvalue weighted by atomic mass is 10.2. The summed E-state index contributed by atoms with van der Waals surface area (Å²) < 4.78 is 7.17. The van der Waals surface area contributed by atoms with Crippen molar-refractivity contribution in [2.75, 3.05) is 31.2 Å². The first-order valence-corrected chi connectivity index (χ1v) is 8.30. The highest BCUT2D eigenvalue weighted by atomic mass is 16.5. The molecule has 134 valence electrons. The van der Waals surface area contributed by atoms with E-state index in [4.69, 9.17) is 4.74 Å². The molecule has 1 atom stereocenters. The Bertz CT molecular complexity index is 712. The van der Waals surface area contributed by atoms with E-state index in [9.17, 15) is 4.79 Å². The molecule has 25 heavy (non-hydrogen) atoms. The van der Waals surface area contributed by atoms with Crippen molar-refractivity contribution in [3.05, 3.63) is 36.0 Å². The summed E-state index contributed by atoms with van der Waals surface area (Å²) in [6, 6.07) is 3.36. The van der Waals surface area contributed by atoms with Crippen LogP contribution in [0, 0.1) is 0 Å². The summed E-state index contributed by atoms with van der Waals surface area (Å²) >= 11 is 0. The molecule has 1 fully saturated rings. The van der Waals surface area contributed by atoms with Gasteiger partial charge in [-0.15, -0.1) is 10.2 Å². The smallest absolute Gasteiger partial charge is 0.315 e. The third-order valence-electron chi connectivity index (χ3n) is 4.10. The van der Waals surface area contributed by atoms with Gasteiger partial charge in [-0.2, -0.15) is 0 Å². The van der Waals surface area contributed by atoms with Gasteiger partial charge in [0.05, 0.1) is 19.3 Å². The van der Waals surface area contributed by atoms with Gasteiger partial charge in [-0.3, -0.25) is 0 Å². The monoisotopic (exact) mass is 345 g/mol. The van der Waals surface area contributed by atoms with Gasteiger partial charge in [-0.25, -0.2) is 9.78 Å². The molecule has 2 amide bonds. The molecule has 0 spiro atoms. The van der Waals surface area contributed by atoms with Crippen LogP contribution in [-0.4, -0.2) is 52.1 Å². The van der Waals surface area contributed by atoms with E-state index in [1.807, 2.05) is 26.1 Å². The molecule has 2 aromatic heterocycles. The molecule has 0 radical (unpaired) electrons. The Balaban J connectivity index is 1.58. The zero-order valence-electron chi connectivity index (χ0n) is 14.5. The van der Waals surface area contributed by atoms with E-state index in [0.717, 1.165) is 24.5 Å². The number of amides is 2. The number of hydrogen-bond donors (Lipinski definition) is 2. The van der Waals surface area contributed by atoms with Crippen molar-refractivity contribution < 1.29 is 9.53 Å². The molecule has 1 aliphatic heterocycles. The van der Waals surface area contributed by atoms with Crippen LogP contribution in [0.1, 0.15) is 24.4 Å². The molecule has 0 aliphatic carbocycles. The number of nitrogens with zero attached hydrogens (tertiary/aromatic N) is 5. The molecule has 1 saturated heterocycles. The average molecular weight is 345 g/mol. The molecule has 1 aliphatic rings. The van der Waals surface area contributed by atoms with Gasteiger partial charge in [-0.1, -0.05) is 6.07 Å². The number of nitrogens with one attached hydrogen (secondary N) is 2. The van der Waals surface area contributed by atoms with Crippen LogP contribution in [0.3, 0.4) is 0 Å². The van der Waals surface area contributed by atoms with Gasteiger partial charge in [0.1, 0.15) is 12.1 Å². The summed E-state index contributed by atoms with van der Waals surface area (Å²) in [4.78, 5) is 18.8. The van der Waals surface area contributed by atoms with Gasteiger partial charge >= 0.3 is 6.03 Å². The molecular weight excluding hydrogens is 322 g/mol. The van der Waals surface area contributed by atoms with Crippen molar-refractivity contribution in [1.82, 2.24) is 30.4 Å². The summed E-state index contributed by atoms with van der Waals surface area (Å²) in [5.74, 6) is 1.60. The predicted molar refractivity (Wildman–Crippen MR) is 92.1 cm³/mol. The van der Waals surface area contributed by atoms with Gasteiger partial charge in [0, 0.05) is 38.4 Å². The second kappa shape index (κ2) is 7.93. The molecule has 0 aromatic carbocycles. The maximum absolute atomic E-state index is 12.2. The van der Waals surface area contributed by atoms with Gasteiger partial charge < -0.3 is 24.8 Å². The van der Waals surface area contributed by atoms with E-state index < -0.39 is 0 Å². The van der Waals surface area contributed by atoms with E-state index in [-0.39, 0.29) is 12.1 Å². The number of pyridine rings is 1. The van der Waals surface area contributed by atoms with Gasteiger partial charge in [0.15, 0.2) is 5.82 Å². The molecule has 9 heteroatoms. The second-order valence-electron chi connectivity index (χ2n) is 5.93. The number of hydrogen-bond acceptors (Lipinski definition) is 6. The zero-order valence-corrected chi connectivity index (χ0v) is 14.5. The van der Waals surface area contributed by atoms with Crippen molar-refractivity contribution in [1.29, 1.82) is 0 Å². The lowest BCUT2D eigenvalue weighted by Gasteiger charge is -2.29. The number of anilines is 1. The Kier molecular flexibility index (Phi) is 5.44. The minimum atomic E-state index is -0.257. The molecule has 2 aromatic rings. The average Bonchev–Trinajstić information content (AvgIpc) is 3.07. The fourth-order valence-corrected chi connectivity index (χ4v) is 2.80. The van der Waals surface area contributed by atoms with E-state index in [1.165, 1.54) is 0 Å². The molecule has 0 bridgehead atoms. The maximum Gasteiger partial charge on any atom is 0.315 e. The third-order valence-corrected chi connectivity index (χ3v) is 4.10. The minimum absolute atomic E-state index is 0.236. The first-order chi connectivity index (χ1) is 12.1. The summed E-state index contributed by atoms with van der Waals surface area (Å²) in [5, 5.41) is 13.6. The Morgan fingerprint density at radius 3 is 2.92 bits per heavy atom. The lowest BCUT2D eigenvalue weighted by Crippen LogP contribution is -2.39. The molecule has 0 saturated carbocycles. The fraction of sp³-hybridized carbons (Fsp3) is 0.500. The quantitative estimate of drug-likeness (QED) is 0.824. The molecule has 0 unspecified atom stereocenters. The van der Waals surface area contributed by atoms with Crippen LogP contribution in [0.25, 0.3) is 0 Å². The highest BCUT2D eigenvalue weighted by molar-refractivity contribution is 5.74. The Morgan fingerprint density at radius 2 is 2.20 bits per heavy atom. The van der Waals surface area contributed by atoms with Crippen LogP contribution in [0.4, 0.5) is 10.6 Å². The number of morpholine rings is 1. The largest absolute Gasteiger partial charge is 0.378 e. The molecule has 9 nitrogen and oxygen atoms in total. The van der Waals surface area contributed by atoms with Crippen molar-refractivity contribution in [2.24, 2.45) is 7.05 Å². The minimum Gasteiger partial charge on any atom is -0.378 e. The molecule has 3 heterocycles. The Labute approximate surface area is 146 Å². The number of ether oxygens (including phenoxy) is 1. The predicted octanol–water partition coefficient (Wildman–Crippen LogP) is 0.607. The fourth-order valence-electron chi connectivity index (χ4n) is 2.80. The van der Waals surface area contributed by atoms with Crippen LogP contribution in [-0.2, 0) is 18.3 Å². The van der Waals surface area contributed by atoms with E-state index in [0.29, 0.717) is 25.6 Å². The number of rotatable bonds is 5. The standard InChI is InChI=1S/C16H23N7O2/c1-12(14-21-19-11-22(14)2)20-16(24)18-10-13-4-3-5-17-15(13)23-6-8-25-9-7-23/h3-5,11-12H,6-10H2,1-2H3,(H2,18,20,24)/t12-/m1/s1. The van der Waals surface area contributed by atoms with Gasteiger partial charge in [0.25, 0.3) is 0 Å². The maximum atomic E-state index is 12.2. The first kappa shape index (κ1) is 17.2. The number of carbonyl (C=O) groups is 1. The summed E-state index contributed by atoms with van der Waals surface area (Å²) in [7, 11) is 1.84. The van der Waals surface area contributed by atoms with E-state index in [1.54, 1.807) is 17.1 Å². The number of aryl methyl sites for hydroxylation is 1. The SMILES string of the molecule is C[C@@H](NC(=O)NCc1cccnc1N1CCOCC1)c1nncn1C. The number of carbonyl (C=O) groups excluding carboxylic acids is 1. The lowest BCUT2D eigenvalue weighted by molar-refractivity contribution is 0.122. The zero-order chi connectivity index (χ0) is 17.6. The third kappa shape index (κ3) is 4.24. The van der Waals surface area contributed by atoms with Crippen molar-refractivity contribution in [3.8, 4) is 0 Å². The van der Waals surface area contributed by atoms with Gasteiger partial charge in [0.2, 0.25) is 0 Å². The van der Waals surface area contributed by atoms with Crippen molar-refractivity contribution in [3.63, 3.8) is 0 Å². The van der Waals surface area contributed by atoms with E-state index in [2.05, 4.69) is 30.7 Å². The number of urea groups is 1. The number of aromatic nitrogens is 4. The van der Waals surface area contributed by atoms with Crippen molar-refractivity contribution >= 4 is 11.8 Å². The van der Waals surface area contributed by atoms with Crippen molar-refractivity contribution in [2.45, 2.75) is 19.5 Å². The van der Waals surface area contributed by atoms with E-state index >= 15 is 0 Å². The summed E-state index contributed by atoms with van der Waals surface area (Å²) in [5.41, 5.74) is 0.978. The molecule has 2 N–H and O–H groups in total. The van der Waals surface area contributed by atoms with Crippen LogP contribution >= 0.6 is 0 Å². The highest BCUT2D eigenvalue weighted by Crippen LogP contribution is 2.18. The normalized spacial score (nSPS) is 15.7. The summed E-state index contributed by atoms with van der Waals surface area (Å²) in [6.07, 6.45) is 3.38. The molecule has 3 rings (SSSR count). The second-order valence-corrected chi connectivity index (χ2v) is 5.93. The first-order valence-electron chi connectivity index (χ1n) is 8.30. The highest BCUT2D eigenvalue weighted by Gasteiger charge is 2.17. The van der Waals surface area contributed by atoms with Crippen LogP contribution in [0.5, 0.6) is 0 Å². The van der Waals surface area contributed by atoms with Crippen LogP contribution in [0.15, 0.2) is 24.7 Å². The van der Waals surface area contributed by atoms with Crippen LogP contribution in [0.2, 0.25) is 0 Å². The Hall–Kier alpha value is -2.68. The van der Waals surface area contributed by atoms with Gasteiger partial charge in [-0.05, 0) is 13.0 Å². The Morgan fingerprint density at radius 1 is 1.40 bits per heavy atom. The summed E-state index contributed by atoms with van der Waals surface area (Å²) in [6.45, 7) is 5.27. The topological polar surface area (TPSA) is 97.2 Å².